The average molecular weight is 436 g/mol. The van der Waals surface area contributed by atoms with E-state index in [0.717, 1.165) is 17.9 Å². The van der Waals surface area contributed by atoms with Gasteiger partial charge in [-0.2, -0.15) is 13.2 Å². The Morgan fingerprint density at radius 3 is 2.45 bits per heavy atom. The number of nitrogens with zero attached hydrogens (tertiary/aromatic N) is 4. The molecule has 0 bridgehead atoms. The maximum absolute atomic E-state index is 15.5. The normalized spacial score (nSPS) is 16.9. The van der Waals surface area contributed by atoms with E-state index >= 15 is 4.39 Å². The van der Waals surface area contributed by atoms with Crippen LogP contribution in [-0.2, 0) is 25.4 Å². The number of aryl methyl sites for hydroxylation is 1. The van der Waals surface area contributed by atoms with E-state index in [2.05, 4.69) is 10.2 Å². The molecule has 162 valence electrons. The van der Waals surface area contributed by atoms with Crippen LogP contribution in [0.25, 0.3) is 0 Å². The molecule has 0 saturated heterocycles. The molecule has 31 heavy (non-hydrogen) atoms. The van der Waals surface area contributed by atoms with Crippen LogP contribution in [0.5, 0.6) is 0 Å². The fraction of sp³-hybridized carbons (Fsp3) is 0.286. The van der Waals surface area contributed by atoms with Crippen molar-refractivity contribution in [3.63, 3.8) is 0 Å². The number of alkyl halides is 5. The average Bonchev–Trinajstić information content (AvgIpc) is 3.30. The molecule has 2 aromatic carbocycles. The van der Waals surface area contributed by atoms with Crippen molar-refractivity contribution in [2.45, 2.75) is 31.5 Å². The maximum Gasteiger partial charge on any atom is 0.416 e. The number of fused-ring (bicyclic) bond motifs is 1. The van der Waals surface area contributed by atoms with E-state index in [9.17, 15) is 22.4 Å². The van der Waals surface area contributed by atoms with Crippen LogP contribution in [0.1, 0.15) is 46.0 Å². The Kier molecular flexibility index (Phi) is 4.83. The van der Waals surface area contributed by atoms with Gasteiger partial charge in [0.1, 0.15) is 6.33 Å². The molecule has 0 aliphatic carbocycles. The number of halogens is 5. The molecule has 2 atom stereocenters. The van der Waals surface area contributed by atoms with E-state index in [-0.39, 0.29) is 34.7 Å². The van der Waals surface area contributed by atoms with E-state index in [0.29, 0.717) is 0 Å². The van der Waals surface area contributed by atoms with Crippen molar-refractivity contribution in [1.82, 2.24) is 14.8 Å². The highest BCUT2D eigenvalue weighted by Gasteiger charge is 2.42. The number of hydrogen-bond donors (Lipinski definition) is 0. The van der Waals surface area contributed by atoms with Crippen LogP contribution >= 0.6 is 0 Å². The molecule has 1 aliphatic rings. The van der Waals surface area contributed by atoms with E-state index in [1.807, 2.05) is 0 Å². The monoisotopic (exact) mass is 436 g/mol. The van der Waals surface area contributed by atoms with Gasteiger partial charge in [-0.3, -0.25) is 4.79 Å². The van der Waals surface area contributed by atoms with Gasteiger partial charge < -0.3 is 9.47 Å². The highest BCUT2D eigenvalue weighted by Crippen LogP contribution is 2.43. The minimum Gasteiger partial charge on any atom is -0.318 e. The highest BCUT2D eigenvalue weighted by atomic mass is 19.4. The molecular weight excluding hydrogens is 419 g/mol. The van der Waals surface area contributed by atoms with Crippen molar-refractivity contribution < 1.29 is 26.7 Å². The van der Waals surface area contributed by atoms with Crippen LogP contribution in [0.2, 0.25) is 0 Å². The first-order valence-electron chi connectivity index (χ1n) is 9.30. The molecule has 0 N–H and O–H groups in total. The van der Waals surface area contributed by atoms with Crippen LogP contribution < -0.4 is 4.90 Å². The Balaban J connectivity index is 1.69. The van der Waals surface area contributed by atoms with Gasteiger partial charge in [-0.1, -0.05) is 18.2 Å². The summed E-state index contributed by atoms with van der Waals surface area (Å²) in [7, 11) is 1.48. The van der Waals surface area contributed by atoms with Gasteiger partial charge in [0.05, 0.1) is 12.1 Å². The van der Waals surface area contributed by atoms with E-state index in [1.165, 1.54) is 54.3 Å². The van der Waals surface area contributed by atoms with Gasteiger partial charge in [0.15, 0.2) is 17.7 Å². The molecule has 0 fully saturated rings. The molecule has 0 unspecified atom stereocenters. The highest BCUT2D eigenvalue weighted by molar-refractivity contribution is 6.10. The lowest BCUT2D eigenvalue weighted by Crippen LogP contribution is -2.27. The summed E-state index contributed by atoms with van der Waals surface area (Å²) in [5.41, 5.74) is -3.54. The van der Waals surface area contributed by atoms with Crippen molar-refractivity contribution >= 4 is 11.6 Å². The second kappa shape index (κ2) is 7.14. The zero-order chi connectivity index (χ0) is 22.6. The molecule has 0 saturated carbocycles. The van der Waals surface area contributed by atoms with Crippen molar-refractivity contribution in [2.75, 3.05) is 4.90 Å². The van der Waals surface area contributed by atoms with Crippen molar-refractivity contribution in [3.8, 4) is 0 Å². The quantitative estimate of drug-likeness (QED) is 0.548. The molecule has 1 aromatic heterocycles. The summed E-state index contributed by atoms with van der Waals surface area (Å²) in [5, 5.41) is 7.16. The zero-order valence-corrected chi connectivity index (χ0v) is 16.5. The Labute approximate surface area is 174 Å². The standard InChI is InChI=1S/C21H17F5N4O/c1-20(23,17(22)18-28-27-11-29(18)2)12-5-3-6-13(9-12)30-10-15-14(19(30)31)7-4-8-16(15)21(24,25)26/h3-9,11,17H,10H2,1-2H3/t17-,20+/m1/s1. The summed E-state index contributed by atoms with van der Waals surface area (Å²) in [6, 6.07) is 8.91. The van der Waals surface area contributed by atoms with Crippen LogP contribution in [0.4, 0.5) is 27.6 Å². The lowest BCUT2D eigenvalue weighted by atomic mass is 9.92. The third-order valence-electron chi connectivity index (χ3n) is 5.44. The second-order valence-corrected chi connectivity index (χ2v) is 7.51. The first kappa shape index (κ1) is 21.0. The third-order valence-corrected chi connectivity index (χ3v) is 5.44. The molecule has 0 spiro atoms. The van der Waals surface area contributed by atoms with Crippen molar-refractivity contribution in [3.05, 3.63) is 76.9 Å². The maximum atomic E-state index is 15.5. The minimum absolute atomic E-state index is 0.0642. The first-order chi connectivity index (χ1) is 14.5. The topological polar surface area (TPSA) is 51.0 Å². The predicted molar refractivity (Wildman–Crippen MR) is 102 cm³/mol. The van der Waals surface area contributed by atoms with Gasteiger partial charge in [0.2, 0.25) is 0 Å². The number of benzene rings is 2. The fourth-order valence-corrected chi connectivity index (χ4v) is 3.70. The number of anilines is 1. The fourth-order valence-electron chi connectivity index (χ4n) is 3.70. The molecule has 10 heteroatoms. The number of aromatic nitrogens is 3. The Bertz CT molecular complexity index is 1150. The third kappa shape index (κ3) is 3.45. The number of hydrogen-bond acceptors (Lipinski definition) is 3. The lowest BCUT2D eigenvalue weighted by molar-refractivity contribution is -0.138. The van der Waals surface area contributed by atoms with Crippen LogP contribution in [0.15, 0.2) is 48.8 Å². The number of carbonyl (C=O) groups excluding carboxylic acids is 1. The van der Waals surface area contributed by atoms with E-state index in [4.69, 9.17) is 0 Å². The van der Waals surface area contributed by atoms with Gasteiger partial charge >= 0.3 is 6.18 Å². The van der Waals surface area contributed by atoms with Crippen molar-refractivity contribution in [2.24, 2.45) is 7.05 Å². The van der Waals surface area contributed by atoms with Gasteiger partial charge in [-0.15, -0.1) is 10.2 Å². The molecule has 0 radical (unpaired) electrons. The number of rotatable bonds is 4. The molecule has 1 aliphatic heterocycles. The van der Waals surface area contributed by atoms with Gasteiger partial charge in [0, 0.05) is 18.3 Å². The summed E-state index contributed by atoms with van der Waals surface area (Å²) < 4.78 is 71.8. The summed E-state index contributed by atoms with van der Waals surface area (Å²) in [6.07, 6.45) is -5.52. The first-order valence-corrected chi connectivity index (χ1v) is 9.30. The van der Waals surface area contributed by atoms with Gasteiger partial charge in [-0.25, -0.2) is 8.78 Å². The van der Waals surface area contributed by atoms with Gasteiger partial charge in [0.25, 0.3) is 5.91 Å². The molecule has 5 nitrogen and oxygen atoms in total. The van der Waals surface area contributed by atoms with Crippen LogP contribution in [0, 0.1) is 0 Å². The Hall–Kier alpha value is -3.30. The van der Waals surface area contributed by atoms with E-state index in [1.54, 1.807) is 0 Å². The van der Waals surface area contributed by atoms with Crippen molar-refractivity contribution in [1.29, 1.82) is 0 Å². The Morgan fingerprint density at radius 2 is 1.81 bits per heavy atom. The second-order valence-electron chi connectivity index (χ2n) is 7.51. The van der Waals surface area contributed by atoms with Crippen LogP contribution in [0.3, 0.4) is 0 Å². The largest absolute Gasteiger partial charge is 0.416 e. The summed E-state index contributed by atoms with van der Waals surface area (Å²) in [5.74, 6) is -0.848. The predicted octanol–water partition coefficient (Wildman–Crippen LogP) is 4.89. The lowest BCUT2D eigenvalue weighted by Gasteiger charge is -2.26. The summed E-state index contributed by atoms with van der Waals surface area (Å²) >= 11 is 0. The summed E-state index contributed by atoms with van der Waals surface area (Å²) in [6.45, 7) is 0.715. The Morgan fingerprint density at radius 1 is 1.10 bits per heavy atom. The molecule has 3 aromatic rings. The molecule has 1 amide bonds. The summed E-state index contributed by atoms with van der Waals surface area (Å²) in [4.78, 5) is 13.9. The van der Waals surface area contributed by atoms with E-state index < -0.39 is 29.5 Å². The zero-order valence-electron chi connectivity index (χ0n) is 16.5. The molecule has 4 rings (SSSR count). The molecular formula is C21H17F5N4O. The van der Waals surface area contributed by atoms with Gasteiger partial charge in [-0.05, 0) is 42.3 Å². The van der Waals surface area contributed by atoms with Crippen LogP contribution in [-0.4, -0.2) is 20.7 Å². The molecule has 2 heterocycles. The number of carbonyl (C=O) groups is 1. The minimum atomic E-state index is -4.61. The number of amides is 1. The SMILES string of the molecule is Cn1cnnc1[C@@H](F)[C@@](C)(F)c1cccc(N2Cc3c(cccc3C(F)(F)F)C2=O)c1. The smallest absolute Gasteiger partial charge is 0.318 e.